The summed E-state index contributed by atoms with van der Waals surface area (Å²) in [5.74, 6) is 0.374. The van der Waals surface area contributed by atoms with Crippen LogP contribution in [0, 0.1) is 0 Å². The first-order chi connectivity index (χ1) is 10.6. The lowest BCUT2D eigenvalue weighted by molar-refractivity contribution is 0.370. The van der Waals surface area contributed by atoms with E-state index >= 15 is 0 Å². The summed E-state index contributed by atoms with van der Waals surface area (Å²) in [6.45, 7) is 0.843. The Morgan fingerprint density at radius 3 is 2.64 bits per heavy atom. The second-order valence-electron chi connectivity index (χ2n) is 5.51. The second-order valence-corrected chi connectivity index (χ2v) is 5.51. The van der Waals surface area contributed by atoms with Crippen molar-refractivity contribution in [3.63, 3.8) is 0 Å². The average Bonchev–Trinajstić information content (AvgIpc) is 2.51. The van der Waals surface area contributed by atoms with Gasteiger partial charge >= 0.3 is 0 Å². The number of hydrogen-bond acceptors (Lipinski definition) is 5. The zero-order valence-electron chi connectivity index (χ0n) is 12.3. The predicted octanol–water partition coefficient (Wildman–Crippen LogP) is 2.24. The zero-order chi connectivity index (χ0) is 15.7. The van der Waals surface area contributed by atoms with Crippen LogP contribution in [0.15, 0.2) is 30.3 Å². The third-order valence-electron chi connectivity index (χ3n) is 4.08. The third kappa shape index (κ3) is 2.67. The first-order valence-corrected chi connectivity index (χ1v) is 7.22. The molecule has 4 N–H and O–H groups in total. The number of aromatic hydroxyl groups is 3. The van der Waals surface area contributed by atoms with E-state index in [1.54, 1.807) is 25.3 Å². The maximum atomic E-state index is 10.0. The molecule has 0 radical (unpaired) electrons. The van der Waals surface area contributed by atoms with Crippen molar-refractivity contribution in [3.05, 3.63) is 47.0 Å². The minimum absolute atomic E-state index is 0.0458. The first-order valence-electron chi connectivity index (χ1n) is 7.22. The predicted molar refractivity (Wildman–Crippen MR) is 82.6 cm³/mol. The molecule has 5 nitrogen and oxygen atoms in total. The van der Waals surface area contributed by atoms with E-state index in [4.69, 9.17) is 4.74 Å². The molecular weight excluding hydrogens is 282 g/mol. The fourth-order valence-electron chi connectivity index (χ4n) is 2.94. The van der Waals surface area contributed by atoms with Gasteiger partial charge in [0.2, 0.25) is 0 Å². The molecule has 1 heterocycles. The molecule has 0 bridgehead atoms. The van der Waals surface area contributed by atoms with Gasteiger partial charge in [0.15, 0.2) is 23.0 Å². The molecule has 3 rings (SSSR count). The zero-order valence-corrected chi connectivity index (χ0v) is 12.3. The molecule has 0 unspecified atom stereocenters. The van der Waals surface area contributed by atoms with Crippen molar-refractivity contribution in [3.8, 4) is 23.0 Å². The van der Waals surface area contributed by atoms with Crippen LogP contribution in [0.3, 0.4) is 0 Å². The van der Waals surface area contributed by atoms with Gasteiger partial charge in [-0.3, -0.25) is 0 Å². The van der Waals surface area contributed by atoms with E-state index in [0.29, 0.717) is 12.2 Å². The monoisotopic (exact) mass is 301 g/mol. The summed E-state index contributed by atoms with van der Waals surface area (Å²) < 4.78 is 5.16. The van der Waals surface area contributed by atoms with Crippen LogP contribution >= 0.6 is 0 Å². The van der Waals surface area contributed by atoms with Crippen molar-refractivity contribution in [1.82, 2.24) is 5.32 Å². The maximum absolute atomic E-state index is 10.0. The van der Waals surface area contributed by atoms with E-state index in [9.17, 15) is 15.3 Å². The summed E-state index contributed by atoms with van der Waals surface area (Å²) in [7, 11) is 1.54. The summed E-state index contributed by atoms with van der Waals surface area (Å²) in [6.07, 6.45) is 1.54. The molecule has 0 aromatic heterocycles. The Kier molecular flexibility index (Phi) is 3.81. The van der Waals surface area contributed by atoms with Crippen LogP contribution in [0.25, 0.3) is 0 Å². The average molecular weight is 301 g/mol. The Labute approximate surface area is 128 Å². The number of fused-ring (bicyclic) bond motifs is 1. The molecule has 1 aliphatic rings. The van der Waals surface area contributed by atoms with Gasteiger partial charge in [-0.2, -0.15) is 0 Å². The maximum Gasteiger partial charge on any atom is 0.160 e. The Bertz CT molecular complexity index is 699. The van der Waals surface area contributed by atoms with Crippen molar-refractivity contribution in [1.29, 1.82) is 0 Å². The summed E-state index contributed by atoms with van der Waals surface area (Å²) >= 11 is 0. The van der Waals surface area contributed by atoms with Crippen molar-refractivity contribution >= 4 is 0 Å². The molecule has 5 heteroatoms. The Balaban J connectivity index is 1.91. The number of hydrogen-bond donors (Lipinski definition) is 4. The molecule has 2 aromatic rings. The minimum atomic E-state index is -0.122. The molecule has 1 aliphatic heterocycles. The lowest BCUT2D eigenvalue weighted by Crippen LogP contribution is -2.31. The number of phenolic OH excluding ortho intramolecular Hbond substituents is 3. The number of rotatable bonds is 3. The normalized spacial score (nSPS) is 17.0. The molecule has 22 heavy (non-hydrogen) atoms. The van der Waals surface area contributed by atoms with E-state index in [-0.39, 0.29) is 23.3 Å². The molecule has 0 saturated carbocycles. The van der Waals surface area contributed by atoms with Crippen LogP contribution in [-0.4, -0.2) is 29.0 Å². The smallest absolute Gasteiger partial charge is 0.160 e. The summed E-state index contributed by atoms with van der Waals surface area (Å²) in [5, 5.41) is 32.4. The standard InChI is InChI=1S/C17H19NO4/c1-22-17-8-11-4-5-18-13(12(11)9-16(17)21)6-10-2-3-14(19)15(20)7-10/h2-3,7-9,13,18-21H,4-6H2,1H3/t13-/m1/s1. The molecule has 0 fully saturated rings. The van der Waals surface area contributed by atoms with Gasteiger partial charge in [0, 0.05) is 6.04 Å². The molecular formula is C17H19NO4. The number of ether oxygens (including phenoxy) is 1. The van der Waals surface area contributed by atoms with Gasteiger partial charge in [-0.05, 0) is 60.3 Å². The quantitative estimate of drug-likeness (QED) is 0.654. The van der Waals surface area contributed by atoms with Crippen LogP contribution in [0.1, 0.15) is 22.7 Å². The summed E-state index contributed by atoms with van der Waals surface area (Å²) in [5.41, 5.74) is 3.11. The second kappa shape index (κ2) is 5.77. The van der Waals surface area contributed by atoms with Crippen LogP contribution in [0.5, 0.6) is 23.0 Å². The lowest BCUT2D eigenvalue weighted by atomic mass is 9.90. The highest BCUT2D eigenvalue weighted by Gasteiger charge is 2.22. The van der Waals surface area contributed by atoms with Crippen LogP contribution < -0.4 is 10.1 Å². The van der Waals surface area contributed by atoms with Gasteiger partial charge in [0.25, 0.3) is 0 Å². The highest BCUT2D eigenvalue weighted by Crippen LogP contribution is 2.36. The van der Waals surface area contributed by atoms with E-state index in [1.807, 2.05) is 6.07 Å². The molecule has 116 valence electrons. The van der Waals surface area contributed by atoms with Crippen LogP contribution in [-0.2, 0) is 12.8 Å². The number of benzene rings is 2. The van der Waals surface area contributed by atoms with Gasteiger partial charge in [0.1, 0.15) is 0 Å². The lowest BCUT2D eigenvalue weighted by Gasteiger charge is -2.28. The highest BCUT2D eigenvalue weighted by molar-refractivity contribution is 5.49. The van der Waals surface area contributed by atoms with Crippen molar-refractivity contribution in [2.45, 2.75) is 18.9 Å². The molecule has 0 amide bonds. The van der Waals surface area contributed by atoms with E-state index in [0.717, 1.165) is 29.7 Å². The Morgan fingerprint density at radius 1 is 1.09 bits per heavy atom. The van der Waals surface area contributed by atoms with E-state index < -0.39 is 0 Å². The SMILES string of the molecule is COc1cc2c(cc1O)[C@@H](Cc1ccc(O)c(O)c1)NCC2. The van der Waals surface area contributed by atoms with Crippen molar-refractivity contribution in [2.24, 2.45) is 0 Å². The fourth-order valence-corrected chi connectivity index (χ4v) is 2.94. The van der Waals surface area contributed by atoms with Gasteiger partial charge in [0.05, 0.1) is 7.11 Å². The summed E-state index contributed by atoms with van der Waals surface area (Å²) in [4.78, 5) is 0. The molecule has 0 aliphatic carbocycles. The third-order valence-corrected chi connectivity index (χ3v) is 4.08. The van der Waals surface area contributed by atoms with Gasteiger partial charge < -0.3 is 25.4 Å². The molecule has 1 atom stereocenters. The van der Waals surface area contributed by atoms with E-state index in [2.05, 4.69) is 5.32 Å². The van der Waals surface area contributed by atoms with Crippen LogP contribution in [0.2, 0.25) is 0 Å². The minimum Gasteiger partial charge on any atom is -0.504 e. The Hall–Kier alpha value is -2.40. The Morgan fingerprint density at radius 2 is 1.91 bits per heavy atom. The van der Waals surface area contributed by atoms with Gasteiger partial charge in [-0.15, -0.1) is 0 Å². The molecule has 0 spiro atoms. The number of phenols is 3. The van der Waals surface area contributed by atoms with Crippen LogP contribution in [0.4, 0.5) is 0 Å². The van der Waals surface area contributed by atoms with Gasteiger partial charge in [-0.1, -0.05) is 6.07 Å². The molecule has 0 saturated heterocycles. The number of methoxy groups -OCH3 is 1. The fraction of sp³-hybridized carbons (Fsp3) is 0.294. The summed E-state index contributed by atoms with van der Waals surface area (Å²) in [6, 6.07) is 8.51. The van der Waals surface area contributed by atoms with Crippen molar-refractivity contribution in [2.75, 3.05) is 13.7 Å². The first kappa shape index (κ1) is 14.5. The topological polar surface area (TPSA) is 82.0 Å². The van der Waals surface area contributed by atoms with Crippen molar-refractivity contribution < 1.29 is 20.1 Å². The number of nitrogens with one attached hydrogen (secondary N) is 1. The largest absolute Gasteiger partial charge is 0.504 e. The molecule has 2 aromatic carbocycles. The highest BCUT2D eigenvalue weighted by atomic mass is 16.5. The van der Waals surface area contributed by atoms with Gasteiger partial charge in [-0.25, -0.2) is 0 Å². The van der Waals surface area contributed by atoms with E-state index in [1.165, 1.54) is 6.07 Å².